The van der Waals surface area contributed by atoms with Crippen molar-refractivity contribution in [2.45, 2.75) is 12.8 Å². The van der Waals surface area contributed by atoms with Crippen LogP contribution in [0, 0.1) is 0 Å². The number of rotatable bonds is 5. The Morgan fingerprint density at radius 3 is 2.63 bits per heavy atom. The minimum absolute atomic E-state index is 0.256. The molecule has 0 radical (unpaired) electrons. The summed E-state index contributed by atoms with van der Waals surface area (Å²) in [4.78, 5) is 11.0. The van der Waals surface area contributed by atoms with Crippen LogP contribution in [0.2, 0.25) is 0 Å². The highest BCUT2D eigenvalue weighted by Gasteiger charge is 2.09. The Labute approximate surface area is 111 Å². The SMILES string of the molecule is COC(=O)CCc1cc(-c2ccc(OC)cc2)on1. The van der Waals surface area contributed by atoms with Gasteiger partial charge in [0.15, 0.2) is 5.76 Å². The van der Waals surface area contributed by atoms with Gasteiger partial charge in [-0.25, -0.2) is 0 Å². The van der Waals surface area contributed by atoms with Gasteiger partial charge in [0.05, 0.1) is 26.3 Å². The fourth-order valence-corrected chi connectivity index (χ4v) is 1.65. The molecule has 0 aliphatic heterocycles. The molecule has 0 saturated carbocycles. The van der Waals surface area contributed by atoms with Crippen LogP contribution in [0.5, 0.6) is 5.75 Å². The molecule has 0 saturated heterocycles. The highest BCUT2D eigenvalue weighted by atomic mass is 16.5. The van der Waals surface area contributed by atoms with Crippen molar-refractivity contribution in [3.05, 3.63) is 36.0 Å². The van der Waals surface area contributed by atoms with E-state index in [2.05, 4.69) is 9.89 Å². The van der Waals surface area contributed by atoms with Crippen molar-refractivity contribution < 1.29 is 18.8 Å². The van der Waals surface area contributed by atoms with E-state index in [0.29, 0.717) is 18.6 Å². The monoisotopic (exact) mass is 261 g/mol. The fraction of sp³-hybridized carbons (Fsp3) is 0.286. The summed E-state index contributed by atoms with van der Waals surface area (Å²) in [6.07, 6.45) is 0.803. The van der Waals surface area contributed by atoms with Gasteiger partial charge in [-0.15, -0.1) is 0 Å². The molecule has 0 fully saturated rings. The fourth-order valence-electron chi connectivity index (χ4n) is 1.65. The topological polar surface area (TPSA) is 61.6 Å². The van der Waals surface area contributed by atoms with Crippen LogP contribution in [-0.2, 0) is 16.0 Å². The van der Waals surface area contributed by atoms with Crippen molar-refractivity contribution in [3.8, 4) is 17.1 Å². The Balaban J connectivity index is 2.05. The number of ether oxygens (including phenoxy) is 2. The third-order valence-corrected chi connectivity index (χ3v) is 2.75. The summed E-state index contributed by atoms with van der Waals surface area (Å²) >= 11 is 0. The van der Waals surface area contributed by atoms with Crippen molar-refractivity contribution in [1.82, 2.24) is 5.16 Å². The number of aryl methyl sites for hydroxylation is 1. The van der Waals surface area contributed by atoms with E-state index < -0.39 is 0 Å². The second-order valence-electron chi connectivity index (χ2n) is 3.99. The maximum absolute atomic E-state index is 11.0. The number of benzene rings is 1. The van der Waals surface area contributed by atoms with Gasteiger partial charge in [-0.05, 0) is 24.3 Å². The second-order valence-corrected chi connectivity index (χ2v) is 3.99. The highest BCUT2D eigenvalue weighted by molar-refractivity contribution is 5.69. The molecule has 1 heterocycles. The maximum Gasteiger partial charge on any atom is 0.305 e. The molecule has 19 heavy (non-hydrogen) atoms. The first-order valence-electron chi connectivity index (χ1n) is 5.89. The van der Waals surface area contributed by atoms with E-state index in [1.807, 2.05) is 30.3 Å². The minimum atomic E-state index is -0.256. The number of methoxy groups -OCH3 is 2. The zero-order valence-corrected chi connectivity index (χ0v) is 10.9. The van der Waals surface area contributed by atoms with Crippen LogP contribution in [0.3, 0.4) is 0 Å². The van der Waals surface area contributed by atoms with E-state index in [-0.39, 0.29) is 5.97 Å². The number of carbonyl (C=O) groups is 1. The Bertz CT molecular complexity index is 545. The van der Waals surface area contributed by atoms with E-state index in [1.165, 1.54) is 7.11 Å². The molecular weight excluding hydrogens is 246 g/mol. The van der Waals surface area contributed by atoms with E-state index >= 15 is 0 Å². The number of hydrogen-bond donors (Lipinski definition) is 0. The van der Waals surface area contributed by atoms with E-state index in [1.54, 1.807) is 7.11 Å². The lowest BCUT2D eigenvalue weighted by Crippen LogP contribution is -2.01. The zero-order valence-electron chi connectivity index (χ0n) is 10.9. The summed E-state index contributed by atoms with van der Waals surface area (Å²) in [5, 5.41) is 3.93. The van der Waals surface area contributed by atoms with Crippen molar-refractivity contribution in [3.63, 3.8) is 0 Å². The van der Waals surface area contributed by atoms with E-state index in [4.69, 9.17) is 9.26 Å². The molecule has 5 nitrogen and oxygen atoms in total. The molecule has 0 aliphatic rings. The van der Waals surface area contributed by atoms with Crippen LogP contribution < -0.4 is 4.74 Å². The summed E-state index contributed by atoms with van der Waals surface area (Å²) < 4.78 is 14.9. The average Bonchev–Trinajstić information content (AvgIpc) is 2.93. The number of nitrogens with zero attached hydrogens (tertiary/aromatic N) is 1. The van der Waals surface area contributed by atoms with Gasteiger partial charge < -0.3 is 14.0 Å². The van der Waals surface area contributed by atoms with Crippen LogP contribution >= 0.6 is 0 Å². The molecule has 100 valence electrons. The lowest BCUT2D eigenvalue weighted by molar-refractivity contribution is -0.140. The minimum Gasteiger partial charge on any atom is -0.497 e. The molecule has 2 aromatic rings. The van der Waals surface area contributed by atoms with Gasteiger partial charge in [0, 0.05) is 18.1 Å². The van der Waals surface area contributed by atoms with Gasteiger partial charge in [0.1, 0.15) is 5.75 Å². The molecule has 0 N–H and O–H groups in total. The van der Waals surface area contributed by atoms with Gasteiger partial charge in [0.2, 0.25) is 0 Å². The summed E-state index contributed by atoms with van der Waals surface area (Å²) in [6.45, 7) is 0. The number of aromatic nitrogens is 1. The van der Waals surface area contributed by atoms with Gasteiger partial charge in [-0.3, -0.25) is 4.79 Å². The standard InChI is InChI=1S/C14H15NO4/c1-17-12-6-3-10(4-7-12)13-9-11(15-19-13)5-8-14(16)18-2/h3-4,6-7,9H,5,8H2,1-2H3. The predicted molar refractivity (Wildman–Crippen MR) is 68.8 cm³/mol. The lowest BCUT2D eigenvalue weighted by Gasteiger charge is -1.99. The van der Waals surface area contributed by atoms with Crippen LogP contribution in [0.4, 0.5) is 0 Å². The van der Waals surface area contributed by atoms with Crippen molar-refractivity contribution in [2.75, 3.05) is 14.2 Å². The normalized spacial score (nSPS) is 10.2. The van der Waals surface area contributed by atoms with Crippen molar-refractivity contribution >= 4 is 5.97 Å². The van der Waals surface area contributed by atoms with Gasteiger partial charge in [-0.1, -0.05) is 5.16 Å². The molecule has 0 spiro atoms. The van der Waals surface area contributed by atoms with Crippen molar-refractivity contribution in [2.24, 2.45) is 0 Å². The van der Waals surface area contributed by atoms with Gasteiger partial charge in [-0.2, -0.15) is 0 Å². The third kappa shape index (κ3) is 3.34. The molecule has 1 aromatic carbocycles. The molecule has 0 atom stereocenters. The highest BCUT2D eigenvalue weighted by Crippen LogP contribution is 2.23. The van der Waals surface area contributed by atoms with Gasteiger partial charge in [0.25, 0.3) is 0 Å². The number of esters is 1. The largest absolute Gasteiger partial charge is 0.497 e. The molecule has 0 aliphatic carbocycles. The number of carbonyl (C=O) groups excluding carboxylic acids is 1. The first-order valence-corrected chi connectivity index (χ1v) is 5.89. The summed E-state index contributed by atoms with van der Waals surface area (Å²) in [7, 11) is 2.99. The van der Waals surface area contributed by atoms with Crippen LogP contribution in [0.25, 0.3) is 11.3 Å². The summed E-state index contributed by atoms with van der Waals surface area (Å²) in [5.74, 6) is 1.20. The predicted octanol–water partition coefficient (Wildman–Crippen LogP) is 2.46. The molecule has 2 rings (SSSR count). The molecule has 1 aromatic heterocycles. The Morgan fingerprint density at radius 2 is 2.00 bits per heavy atom. The Hall–Kier alpha value is -2.30. The molecule has 0 bridgehead atoms. The summed E-state index contributed by atoms with van der Waals surface area (Å²) in [5.41, 5.74) is 1.65. The maximum atomic E-state index is 11.0. The molecular formula is C14H15NO4. The third-order valence-electron chi connectivity index (χ3n) is 2.75. The smallest absolute Gasteiger partial charge is 0.305 e. The Morgan fingerprint density at radius 1 is 1.26 bits per heavy atom. The average molecular weight is 261 g/mol. The molecule has 0 unspecified atom stereocenters. The van der Waals surface area contributed by atoms with Crippen LogP contribution in [0.15, 0.2) is 34.9 Å². The van der Waals surface area contributed by atoms with Gasteiger partial charge >= 0.3 is 5.97 Å². The van der Waals surface area contributed by atoms with Crippen molar-refractivity contribution in [1.29, 1.82) is 0 Å². The van der Waals surface area contributed by atoms with Crippen LogP contribution in [-0.4, -0.2) is 25.3 Å². The number of hydrogen-bond acceptors (Lipinski definition) is 5. The lowest BCUT2D eigenvalue weighted by atomic mass is 10.1. The second kappa shape index (κ2) is 6.04. The van der Waals surface area contributed by atoms with E-state index in [9.17, 15) is 4.79 Å². The molecule has 5 heteroatoms. The van der Waals surface area contributed by atoms with E-state index in [0.717, 1.165) is 17.0 Å². The zero-order chi connectivity index (χ0) is 13.7. The quantitative estimate of drug-likeness (QED) is 0.774. The summed E-state index contributed by atoms with van der Waals surface area (Å²) in [6, 6.07) is 9.32. The first kappa shape index (κ1) is 13.1. The van der Waals surface area contributed by atoms with Crippen LogP contribution in [0.1, 0.15) is 12.1 Å². The molecule has 0 amide bonds. The first-order chi connectivity index (χ1) is 9.22. The Kier molecular flexibility index (Phi) is 4.18.